The summed E-state index contributed by atoms with van der Waals surface area (Å²) in [5, 5.41) is 15.9. The number of rotatable bonds is 4. The van der Waals surface area contributed by atoms with Gasteiger partial charge in [0.25, 0.3) is 0 Å². The van der Waals surface area contributed by atoms with E-state index in [0.717, 1.165) is 25.7 Å². The molecule has 0 spiro atoms. The summed E-state index contributed by atoms with van der Waals surface area (Å²) in [7, 11) is 0. The number of amides is 3. The third kappa shape index (κ3) is 5.12. The summed E-state index contributed by atoms with van der Waals surface area (Å²) in [6.45, 7) is 2.19. The van der Waals surface area contributed by atoms with Gasteiger partial charge in [-0.25, -0.2) is 4.79 Å². The van der Waals surface area contributed by atoms with E-state index in [4.69, 9.17) is 16.9 Å². The molecule has 0 aliphatic carbocycles. The zero-order valence-electron chi connectivity index (χ0n) is 15.2. The van der Waals surface area contributed by atoms with Gasteiger partial charge in [-0.3, -0.25) is 4.79 Å². The van der Waals surface area contributed by atoms with Crippen molar-refractivity contribution in [3.8, 4) is 6.07 Å². The Bertz CT molecular complexity index is 710. The normalized spacial score (nSPS) is 20.4. The van der Waals surface area contributed by atoms with Gasteiger partial charge in [0.1, 0.15) is 6.04 Å². The lowest BCUT2D eigenvalue weighted by Crippen LogP contribution is -2.49. The van der Waals surface area contributed by atoms with Crippen LogP contribution in [0, 0.1) is 11.3 Å². The highest BCUT2D eigenvalue weighted by atomic mass is 35.5. The molecule has 2 aliphatic heterocycles. The van der Waals surface area contributed by atoms with Gasteiger partial charge in [0.05, 0.1) is 12.6 Å². The lowest BCUT2D eigenvalue weighted by molar-refractivity contribution is -0.130. The Morgan fingerprint density at radius 3 is 2.52 bits per heavy atom. The third-order valence-electron chi connectivity index (χ3n) is 5.14. The van der Waals surface area contributed by atoms with Gasteiger partial charge in [0.15, 0.2) is 0 Å². The van der Waals surface area contributed by atoms with E-state index in [-0.39, 0.29) is 30.6 Å². The molecule has 2 aliphatic rings. The zero-order valence-corrected chi connectivity index (χ0v) is 15.9. The van der Waals surface area contributed by atoms with Crippen molar-refractivity contribution < 1.29 is 9.59 Å². The van der Waals surface area contributed by atoms with Crippen molar-refractivity contribution >= 4 is 29.2 Å². The first-order chi connectivity index (χ1) is 13.1. The molecule has 1 atom stereocenters. The predicted octanol–water partition coefficient (Wildman–Crippen LogP) is 2.44. The number of likely N-dealkylation sites (tertiary alicyclic amines) is 2. The number of nitriles is 1. The summed E-state index contributed by atoms with van der Waals surface area (Å²) >= 11 is 5.85. The molecule has 7 nitrogen and oxygen atoms in total. The van der Waals surface area contributed by atoms with Crippen molar-refractivity contribution in [3.63, 3.8) is 0 Å². The molecule has 0 radical (unpaired) electrons. The topological polar surface area (TPSA) is 88.5 Å². The van der Waals surface area contributed by atoms with Crippen LogP contribution in [0.1, 0.15) is 25.7 Å². The molecule has 1 aromatic carbocycles. The van der Waals surface area contributed by atoms with Gasteiger partial charge >= 0.3 is 6.03 Å². The molecule has 0 aromatic heterocycles. The molecule has 144 valence electrons. The molecule has 0 bridgehead atoms. The van der Waals surface area contributed by atoms with Crippen LogP contribution < -0.4 is 10.6 Å². The first-order valence-electron chi connectivity index (χ1n) is 9.31. The molecule has 0 unspecified atom stereocenters. The molecule has 27 heavy (non-hydrogen) atoms. The molecule has 2 heterocycles. The van der Waals surface area contributed by atoms with Crippen molar-refractivity contribution in [3.05, 3.63) is 29.3 Å². The van der Waals surface area contributed by atoms with Crippen LogP contribution in [-0.2, 0) is 4.79 Å². The molecule has 2 fully saturated rings. The Hall–Kier alpha value is -2.30. The van der Waals surface area contributed by atoms with E-state index in [9.17, 15) is 9.59 Å². The maximum absolute atomic E-state index is 12.3. The number of hydrogen-bond donors (Lipinski definition) is 2. The lowest BCUT2D eigenvalue weighted by Gasteiger charge is -2.32. The maximum atomic E-state index is 12.3. The molecule has 2 saturated heterocycles. The van der Waals surface area contributed by atoms with Crippen LogP contribution in [0.25, 0.3) is 0 Å². The molecule has 8 heteroatoms. The fourth-order valence-electron chi connectivity index (χ4n) is 3.56. The standard InChI is InChI=1S/C19H24ClN5O2/c20-14-3-5-16(6-4-14)23-19(27)24-10-7-15(8-11-24)22-13-18(26)25-9-1-2-17(25)12-21/h3-6,15,17,22H,1-2,7-11,13H2,(H,23,27)/t17-/m0/s1. The lowest BCUT2D eigenvalue weighted by atomic mass is 10.1. The predicted molar refractivity (Wildman–Crippen MR) is 103 cm³/mol. The first kappa shape index (κ1) is 19.5. The molecule has 2 N–H and O–H groups in total. The van der Waals surface area contributed by atoms with Crippen LogP contribution in [0.2, 0.25) is 5.02 Å². The number of halogens is 1. The summed E-state index contributed by atoms with van der Waals surface area (Å²) in [6, 6.07) is 9.01. The summed E-state index contributed by atoms with van der Waals surface area (Å²) in [4.78, 5) is 28.1. The van der Waals surface area contributed by atoms with E-state index < -0.39 is 0 Å². The maximum Gasteiger partial charge on any atom is 0.321 e. The number of piperidine rings is 1. The van der Waals surface area contributed by atoms with Crippen LogP contribution >= 0.6 is 11.6 Å². The van der Waals surface area contributed by atoms with E-state index in [0.29, 0.717) is 30.3 Å². The van der Waals surface area contributed by atoms with Crippen LogP contribution in [0.5, 0.6) is 0 Å². The second-order valence-electron chi connectivity index (χ2n) is 6.95. The van der Waals surface area contributed by atoms with Gasteiger partial charge in [0.2, 0.25) is 5.91 Å². The molecular weight excluding hydrogens is 366 g/mol. The van der Waals surface area contributed by atoms with Crippen LogP contribution in [0.15, 0.2) is 24.3 Å². The molecule has 1 aromatic rings. The molecule has 3 rings (SSSR count). The van der Waals surface area contributed by atoms with Crippen molar-refractivity contribution in [1.29, 1.82) is 5.26 Å². The number of nitrogens with zero attached hydrogens (tertiary/aromatic N) is 3. The van der Waals surface area contributed by atoms with Gasteiger partial charge in [0, 0.05) is 36.4 Å². The van der Waals surface area contributed by atoms with E-state index in [1.165, 1.54) is 0 Å². The smallest absolute Gasteiger partial charge is 0.321 e. The highest BCUT2D eigenvalue weighted by Crippen LogP contribution is 2.18. The fourth-order valence-corrected chi connectivity index (χ4v) is 3.68. The van der Waals surface area contributed by atoms with Crippen molar-refractivity contribution in [2.45, 2.75) is 37.8 Å². The molecular formula is C19H24ClN5O2. The van der Waals surface area contributed by atoms with Crippen LogP contribution in [0.4, 0.5) is 10.5 Å². The number of benzene rings is 1. The SMILES string of the molecule is N#C[C@@H]1CCCN1C(=O)CNC1CCN(C(=O)Nc2ccc(Cl)cc2)CC1. The monoisotopic (exact) mass is 389 g/mol. The number of nitrogens with one attached hydrogen (secondary N) is 2. The number of anilines is 1. The quantitative estimate of drug-likeness (QED) is 0.827. The third-order valence-corrected chi connectivity index (χ3v) is 5.39. The summed E-state index contributed by atoms with van der Waals surface area (Å²) in [6.07, 6.45) is 3.25. The largest absolute Gasteiger partial charge is 0.326 e. The van der Waals surface area contributed by atoms with Crippen molar-refractivity contribution in [2.75, 3.05) is 31.5 Å². The summed E-state index contributed by atoms with van der Waals surface area (Å²) < 4.78 is 0. The van der Waals surface area contributed by atoms with Gasteiger partial charge in [-0.2, -0.15) is 5.26 Å². The Balaban J connectivity index is 1.39. The second-order valence-corrected chi connectivity index (χ2v) is 7.39. The molecule has 3 amide bonds. The fraction of sp³-hybridized carbons (Fsp3) is 0.526. The van der Waals surface area contributed by atoms with Crippen molar-refractivity contribution in [1.82, 2.24) is 15.1 Å². The van der Waals surface area contributed by atoms with E-state index in [2.05, 4.69) is 16.7 Å². The van der Waals surface area contributed by atoms with Gasteiger partial charge < -0.3 is 20.4 Å². The van der Waals surface area contributed by atoms with E-state index >= 15 is 0 Å². The van der Waals surface area contributed by atoms with Gasteiger partial charge in [-0.05, 0) is 49.9 Å². The summed E-state index contributed by atoms with van der Waals surface area (Å²) in [5.74, 6) is -0.0121. The Morgan fingerprint density at radius 1 is 1.15 bits per heavy atom. The van der Waals surface area contributed by atoms with E-state index in [1.54, 1.807) is 34.1 Å². The minimum absolute atomic E-state index is 0.0121. The minimum Gasteiger partial charge on any atom is -0.326 e. The minimum atomic E-state index is -0.280. The molecule has 0 saturated carbocycles. The Labute approximate surface area is 164 Å². The Kier molecular flexibility index (Phi) is 6.54. The number of hydrogen-bond acceptors (Lipinski definition) is 4. The highest BCUT2D eigenvalue weighted by molar-refractivity contribution is 6.30. The average molecular weight is 390 g/mol. The number of carbonyl (C=O) groups is 2. The number of urea groups is 1. The zero-order chi connectivity index (χ0) is 19.2. The average Bonchev–Trinajstić information content (AvgIpc) is 3.17. The first-order valence-corrected chi connectivity index (χ1v) is 9.68. The number of carbonyl (C=O) groups excluding carboxylic acids is 2. The second kappa shape index (κ2) is 9.07. The van der Waals surface area contributed by atoms with E-state index in [1.807, 2.05) is 0 Å². The van der Waals surface area contributed by atoms with Gasteiger partial charge in [-0.1, -0.05) is 11.6 Å². The van der Waals surface area contributed by atoms with Crippen LogP contribution in [0.3, 0.4) is 0 Å². The van der Waals surface area contributed by atoms with Gasteiger partial charge in [-0.15, -0.1) is 0 Å². The van der Waals surface area contributed by atoms with Crippen molar-refractivity contribution in [2.24, 2.45) is 0 Å². The van der Waals surface area contributed by atoms with Crippen LogP contribution in [-0.4, -0.2) is 60.0 Å². The summed E-state index contributed by atoms with van der Waals surface area (Å²) in [5.41, 5.74) is 0.716. The highest BCUT2D eigenvalue weighted by Gasteiger charge is 2.29. The Morgan fingerprint density at radius 2 is 1.85 bits per heavy atom.